The molecule has 0 radical (unpaired) electrons. The minimum Gasteiger partial charge on any atom is -0.0935 e. The lowest BCUT2D eigenvalue weighted by molar-refractivity contribution is 0.864. The normalized spacial score (nSPS) is 19.5. The Labute approximate surface area is 63.0 Å². The molecule has 8 heavy (non-hydrogen) atoms. The van der Waals surface area contributed by atoms with Gasteiger partial charge in [-0.1, -0.05) is 48.7 Å². The van der Waals surface area contributed by atoms with Gasteiger partial charge < -0.3 is 0 Å². The van der Waals surface area contributed by atoms with Crippen LogP contribution in [0.3, 0.4) is 0 Å². The summed E-state index contributed by atoms with van der Waals surface area (Å²) in [5.41, 5.74) is 1.02. The molecule has 0 aliphatic heterocycles. The summed E-state index contributed by atoms with van der Waals surface area (Å²) < 4.78 is 0.831. The minimum absolute atomic E-state index is 0.187. The van der Waals surface area contributed by atoms with Gasteiger partial charge in [0.25, 0.3) is 0 Å². The number of rotatable bonds is 3. The zero-order chi connectivity index (χ0) is 6.57. The third-order valence-electron chi connectivity index (χ3n) is 1.42. The molecule has 0 spiro atoms. The summed E-state index contributed by atoms with van der Waals surface area (Å²) in [4.78, 5) is 0. The molecule has 0 aromatic carbocycles. The quantitative estimate of drug-likeness (QED) is 0.478. The molecule has 2 unspecified atom stereocenters. The van der Waals surface area contributed by atoms with E-state index in [-0.39, 0.29) is 9.52 Å². The smallest absolute Gasteiger partial charge is 0.0389 e. The molecule has 0 bridgehead atoms. The van der Waals surface area contributed by atoms with Gasteiger partial charge in [-0.3, -0.25) is 0 Å². The van der Waals surface area contributed by atoms with Crippen LogP contribution in [0.15, 0.2) is 0 Å². The zero-order valence-corrected chi connectivity index (χ0v) is 8.95. The van der Waals surface area contributed by atoms with Gasteiger partial charge in [0.15, 0.2) is 0 Å². The van der Waals surface area contributed by atoms with E-state index >= 15 is 0 Å². The molecule has 0 rings (SSSR count). The standard InChI is InChI=1S/C6H15BrSi/c1-4-5(2)8-6(3)7/h5-6H,4,8H2,1-3H3. The van der Waals surface area contributed by atoms with Gasteiger partial charge in [0.1, 0.15) is 0 Å². The summed E-state index contributed by atoms with van der Waals surface area (Å²) in [5.74, 6) is 0. The van der Waals surface area contributed by atoms with E-state index in [4.69, 9.17) is 0 Å². The van der Waals surface area contributed by atoms with E-state index in [9.17, 15) is 0 Å². The fourth-order valence-corrected chi connectivity index (χ4v) is 4.08. The molecule has 0 aliphatic rings. The number of halogens is 1. The van der Waals surface area contributed by atoms with Crippen LogP contribution in [0.25, 0.3) is 0 Å². The van der Waals surface area contributed by atoms with Crippen LogP contribution in [0.4, 0.5) is 0 Å². The van der Waals surface area contributed by atoms with Gasteiger partial charge in [0, 0.05) is 9.52 Å². The molecule has 0 aromatic heterocycles. The van der Waals surface area contributed by atoms with E-state index in [1.807, 2.05) is 0 Å². The van der Waals surface area contributed by atoms with Crippen molar-refractivity contribution in [1.82, 2.24) is 0 Å². The highest BCUT2D eigenvalue weighted by molar-refractivity contribution is 9.10. The zero-order valence-electron chi connectivity index (χ0n) is 5.95. The highest BCUT2D eigenvalue weighted by Gasteiger charge is 2.02. The second-order valence-corrected chi connectivity index (χ2v) is 8.38. The fourth-order valence-electron chi connectivity index (χ4n) is 0.721. The molecule has 50 valence electrons. The Kier molecular flexibility index (Phi) is 4.96. The monoisotopic (exact) mass is 194 g/mol. The lowest BCUT2D eigenvalue weighted by Gasteiger charge is -2.07. The lowest BCUT2D eigenvalue weighted by atomic mass is 10.4. The Hall–Kier alpha value is 0.697. The van der Waals surface area contributed by atoms with Crippen LogP contribution in [-0.2, 0) is 0 Å². The molecule has 0 N–H and O–H groups in total. The predicted molar refractivity (Wildman–Crippen MR) is 46.6 cm³/mol. The first-order chi connectivity index (χ1) is 3.66. The molecule has 0 nitrogen and oxygen atoms in total. The van der Waals surface area contributed by atoms with Crippen LogP contribution >= 0.6 is 15.9 Å². The van der Waals surface area contributed by atoms with Crippen molar-refractivity contribution in [1.29, 1.82) is 0 Å². The van der Waals surface area contributed by atoms with Crippen molar-refractivity contribution in [3.05, 3.63) is 0 Å². The number of alkyl halides is 1. The summed E-state index contributed by atoms with van der Waals surface area (Å²) in [7, 11) is 0.187. The largest absolute Gasteiger partial charge is 0.0935 e. The first-order valence-corrected chi connectivity index (χ1v) is 5.85. The Morgan fingerprint density at radius 2 is 2.00 bits per heavy atom. The molecule has 0 heterocycles. The van der Waals surface area contributed by atoms with Crippen molar-refractivity contribution in [3.8, 4) is 0 Å². The van der Waals surface area contributed by atoms with Gasteiger partial charge in [-0.2, -0.15) is 0 Å². The van der Waals surface area contributed by atoms with Crippen molar-refractivity contribution in [2.45, 2.75) is 37.2 Å². The SMILES string of the molecule is CCC(C)[SiH2]C(C)Br. The summed E-state index contributed by atoms with van der Waals surface area (Å²) in [6.07, 6.45) is 1.36. The molecule has 0 fully saturated rings. The maximum atomic E-state index is 3.58. The second-order valence-electron chi connectivity index (χ2n) is 2.53. The average Bonchev–Trinajstić information content (AvgIpc) is 1.65. The Morgan fingerprint density at radius 3 is 2.12 bits per heavy atom. The van der Waals surface area contributed by atoms with Gasteiger partial charge in [0.2, 0.25) is 0 Å². The topological polar surface area (TPSA) is 0 Å². The summed E-state index contributed by atoms with van der Waals surface area (Å²) in [6.45, 7) is 6.88. The van der Waals surface area contributed by atoms with Crippen molar-refractivity contribution in [2.24, 2.45) is 0 Å². The third kappa shape index (κ3) is 4.85. The molecule has 2 atom stereocenters. The Morgan fingerprint density at radius 1 is 1.50 bits per heavy atom. The van der Waals surface area contributed by atoms with Crippen LogP contribution in [0.2, 0.25) is 5.54 Å². The Balaban J connectivity index is 3.10. The van der Waals surface area contributed by atoms with E-state index in [0.717, 1.165) is 9.99 Å². The maximum absolute atomic E-state index is 3.58. The first kappa shape index (κ1) is 8.70. The first-order valence-electron chi connectivity index (χ1n) is 3.30. The van der Waals surface area contributed by atoms with Crippen LogP contribution in [-0.4, -0.2) is 14.0 Å². The van der Waals surface area contributed by atoms with Crippen LogP contribution < -0.4 is 0 Å². The van der Waals surface area contributed by atoms with Gasteiger partial charge in [-0.25, -0.2) is 0 Å². The van der Waals surface area contributed by atoms with E-state index in [1.165, 1.54) is 6.42 Å². The van der Waals surface area contributed by atoms with E-state index < -0.39 is 0 Å². The van der Waals surface area contributed by atoms with Crippen LogP contribution in [0, 0.1) is 0 Å². The summed E-state index contributed by atoms with van der Waals surface area (Å²) in [6, 6.07) is 0. The van der Waals surface area contributed by atoms with Gasteiger partial charge in [-0.05, 0) is 4.45 Å². The lowest BCUT2D eigenvalue weighted by Crippen LogP contribution is -2.08. The summed E-state index contributed by atoms with van der Waals surface area (Å²) >= 11 is 3.58. The van der Waals surface area contributed by atoms with Crippen LogP contribution in [0.1, 0.15) is 27.2 Å². The van der Waals surface area contributed by atoms with E-state index in [1.54, 1.807) is 0 Å². The van der Waals surface area contributed by atoms with Crippen LogP contribution in [0.5, 0.6) is 0 Å². The molecule has 0 saturated carbocycles. The number of hydrogen-bond acceptors (Lipinski definition) is 0. The molecule has 0 aliphatic carbocycles. The van der Waals surface area contributed by atoms with Gasteiger partial charge in [-0.15, -0.1) is 0 Å². The average molecular weight is 195 g/mol. The molecule has 0 amide bonds. The highest BCUT2D eigenvalue weighted by atomic mass is 79.9. The van der Waals surface area contributed by atoms with Gasteiger partial charge in [0.05, 0.1) is 0 Å². The van der Waals surface area contributed by atoms with Crippen molar-refractivity contribution >= 4 is 25.4 Å². The molecule has 0 aromatic rings. The fraction of sp³-hybridized carbons (Fsp3) is 1.00. The Bertz CT molecular complexity index is 54.5. The van der Waals surface area contributed by atoms with Crippen molar-refractivity contribution < 1.29 is 0 Å². The third-order valence-corrected chi connectivity index (χ3v) is 4.58. The summed E-state index contributed by atoms with van der Waals surface area (Å²) in [5, 5.41) is 0. The second kappa shape index (κ2) is 4.56. The van der Waals surface area contributed by atoms with E-state index in [0.29, 0.717) is 0 Å². The predicted octanol–water partition coefficient (Wildman–Crippen LogP) is 2.11. The minimum atomic E-state index is 0.187. The molecular weight excluding hydrogens is 180 g/mol. The molecular formula is C6H15BrSi. The molecule has 0 saturated heterocycles. The highest BCUT2D eigenvalue weighted by Crippen LogP contribution is 2.10. The van der Waals surface area contributed by atoms with Gasteiger partial charge >= 0.3 is 0 Å². The van der Waals surface area contributed by atoms with Crippen molar-refractivity contribution in [2.75, 3.05) is 0 Å². The van der Waals surface area contributed by atoms with Crippen molar-refractivity contribution in [3.63, 3.8) is 0 Å². The number of hydrogen-bond donors (Lipinski definition) is 0. The maximum Gasteiger partial charge on any atom is 0.0389 e. The molecule has 2 heteroatoms. The van der Waals surface area contributed by atoms with E-state index in [2.05, 4.69) is 36.7 Å².